The van der Waals surface area contributed by atoms with Gasteiger partial charge in [0.25, 0.3) is 0 Å². The molecule has 0 amide bonds. The molecule has 1 N–H and O–H groups in total. The van der Waals surface area contributed by atoms with Crippen LogP contribution < -0.4 is 0 Å². The fraction of sp³-hybridized carbons (Fsp3) is 0.0625. The number of aromatic nitrogens is 2. The number of hydrogen-bond donors (Lipinski definition) is 1. The van der Waals surface area contributed by atoms with Crippen molar-refractivity contribution in [1.29, 1.82) is 0 Å². The van der Waals surface area contributed by atoms with Gasteiger partial charge in [-0.05, 0) is 35.9 Å². The van der Waals surface area contributed by atoms with Crippen molar-refractivity contribution >= 4 is 11.6 Å². The summed E-state index contributed by atoms with van der Waals surface area (Å²) in [6, 6.07) is 18.7. The van der Waals surface area contributed by atoms with Crippen LogP contribution in [0.15, 0.2) is 66.9 Å². The summed E-state index contributed by atoms with van der Waals surface area (Å²) in [5.74, 6) is 0. The van der Waals surface area contributed by atoms with E-state index in [1.165, 1.54) is 0 Å². The predicted octanol–water partition coefficient (Wildman–Crippen LogP) is 3.61. The molecule has 0 aliphatic rings. The highest BCUT2D eigenvalue weighted by molar-refractivity contribution is 6.30. The van der Waals surface area contributed by atoms with Gasteiger partial charge in [-0.3, -0.25) is 0 Å². The van der Waals surface area contributed by atoms with Gasteiger partial charge in [0, 0.05) is 11.2 Å². The molecule has 0 saturated carbocycles. The molecule has 0 fully saturated rings. The number of aliphatic hydroxyl groups is 1. The first kappa shape index (κ1) is 12.9. The SMILES string of the molecule is OC(c1ccc(Cl)cc1)c1ccn(-c2ccccc2)n1. The minimum absolute atomic E-state index is 0.608. The lowest BCUT2D eigenvalue weighted by atomic mass is 10.1. The maximum absolute atomic E-state index is 10.3. The van der Waals surface area contributed by atoms with E-state index in [2.05, 4.69) is 5.10 Å². The molecule has 3 nitrogen and oxygen atoms in total. The first-order valence-corrected chi connectivity index (χ1v) is 6.66. The number of hydrogen-bond acceptors (Lipinski definition) is 2. The van der Waals surface area contributed by atoms with Gasteiger partial charge in [-0.1, -0.05) is 41.9 Å². The van der Waals surface area contributed by atoms with Crippen molar-refractivity contribution in [1.82, 2.24) is 9.78 Å². The zero-order chi connectivity index (χ0) is 13.9. The number of halogens is 1. The summed E-state index contributed by atoms with van der Waals surface area (Å²) in [4.78, 5) is 0. The quantitative estimate of drug-likeness (QED) is 0.798. The van der Waals surface area contributed by atoms with Crippen molar-refractivity contribution in [2.24, 2.45) is 0 Å². The number of rotatable bonds is 3. The van der Waals surface area contributed by atoms with Crippen molar-refractivity contribution in [2.45, 2.75) is 6.10 Å². The van der Waals surface area contributed by atoms with E-state index < -0.39 is 6.10 Å². The third-order valence-corrected chi connectivity index (χ3v) is 3.35. The lowest BCUT2D eigenvalue weighted by molar-refractivity contribution is 0.214. The van der Waals surface area contributed by atoms with Crippen molar-refractivity contribution in [2.75, 3.05) is 0 Å². The molecule has 4 heteroatoms. The molecule has 1 atom stereocenters. The van der Waals surface area contributed by atoms with E-state index >= 15 is 0 Å². The first-order chi connectivity index (χ1) is 9.74. The van der Waals surface area contributed by atoms with Gasteiger partial charge in [0.05, 0.1) is 11.4 Å². The van der Waals surface area contributed by atoms with Crippen LogP contribution in [-0.4, -0.2) is 14.9 Å². The standard InChI is InChI=1S/C16H13ClN2O/c17-13-8-6-12(7-9-13)16(20)15-10-11-19(18-15)14-4-2-1-3-5-14/h1-11,16,20H. The van der Waals surface area contributed by atoms with Crippen LogP contribution in [0.4, 0.5) is 0 Å². The molecule has 3 rings (SSSR count). The maximum Gasteiger partial charge on any atom is 0.123 e. The van der Waals surface area contributed by atoms with Crippen LogP contribution in [0.3, 0.4) is 0 Å². The minimum atomic E-state index is -0.753. The third-order valence-electron chi connectivity index (χ3n) is 3.10. The van der Waals surface area contributed by atoms with Gasteiger partial charge in [-0.2, -0.15) is 5.10 Å². The number of aliphatic hydroxyl groups excluding tert-OH is 1. The van der Waals surface area contributed by atoms with Gasteiger partial charge in [0.2, 0.25) is 0 Å². The molecule has 100 valence electrons. The summed E-state index contributed by atoms with van der Waals surface area (Å²) >= 11 is 5.85. The third kappa shape index (κ3) is 2.59. The van der Waals surface area contributed by atoms with E-state index in [0.717, 1.165) is 11.3 Å². The first-order valence-electron chi connectivity index (χ1n) is 6.28. The second-order valence-corrected chi connectivity index (χ2v) is 4.91. The van der Waals surface area contributed by atoms with Crippen LogP contribution in [0.1, 0.15) is 17.4 Å². The molecule has 0 spiro atoms. The molecule has 3 aromatic rings. The Morgan fingerprint density at radius 2 is 1.65 bits per heavy atom. The van der Waals surface area contributed by atoms with Gasteiger partial charge in [-0.25, -0.2) is 4.68 Å². The number of benzene rings is 2. The lowest BCUT2D eigenvalue weighted by Crippen LogP contribution is -2.02. The van der Waals surface area contributed by atoms with Crippen molar-refractivity contribution < 1.29 is 5.11 Å². The van der Waals surface area contributed by atoms with Crippen LogP contribution in [0.5, 0.6) is 0 Å². The monoisotopic (exact) mass is 284 g/mol. The normalized spacial score (nSPS) is 12.3. The van der Waals surface area contributed by atoms with E-state index in [-0.39, 0.29) is 0 Å². The maximum atomic E-state index is 10.3. The van der Waals surface area contributed by atoms with Gasteiger partial charge in [0.1, 0.15) is 6.10 Å². The number of para-hydroxylation sites is 1. The van der Waals surface area contributed by atoms with Crippen LogP contribution in [0.2, 0.25) is 5.02 Å². The van der Waals surface area contributed by atoms with Crippen molar-refractivity contribution in [3.8, 4) is 5.69 Å². The molecule has 0 radical (unpaired) electrons. The Bertz CT molecular complexity index is 692. The van der Waals surface area contributed by atoms with Crippen molar-refractivity contribution in [3.05, 3.63) is 83.1 Å². The van der Waals surface area contributed by atoms with Gasteiger partial charge >= 0.3 is 0 Å². The molecule has 1 unspecified atom stereocenters. The predicted molar refractivity (Wildman–Crippen MR) is 79.1 cm³/mol. The summed E-state index contributed by atoms with van der Waals surface area (Å²) in [5.41, 5.74) is 2.34. The summed E-state index contributed by atoms with van der Waals surface area (Å²) in [7, 11) is 0. The Balaban J connectivity index is 1.88. The van der Waals surface area contributed by atoms with E-state index in [1.54, 1.807) is 28.9 Å². The van der Waals surface area contributed by atoms with Crippen molar-refractivity contribution in [3.63, 3.8) is 0 Å². The Morgan fingerprint density at radius 1 is 0.950 bits per heavy atom. The second-order valence-electron chi connectivity index (χ2n) is 4.47. The largest absolute Gasteiger partial charge is 0.382 e. The fourth-order valence-corrected chi connectivity index (χ4v) is 2.15. The van der Waals surface area contributed by atoms with Gasteiger partial charge in [0.15, 0.2) is 0 Å². The van der Waals surface area contributed by atoms with E-state index in [1.807, 2.05) is 42.6 Å². The average molecular weight is 285 g/mol. The molecule has 0 aliphatic heterocycles. The Hall–Kier alpha value is -2.10. The highest BCUT2D eigenvalue weighted by atomic mass is 35.5. The van der Waals surface area contributed by atoms with Crippen LogP contribution in [-0.2, 0) is 0 Å². The smallest absolute Gasteiger partial charge is 0.123 e. The molecule has 0 aliphatic carbocycles. The topological polar surface area (TPSA) is 38.0 Å². The zero-order valence-corrected chi connectivity index (χ0v) is 11.4. The zero-order valence-electron chi connectivity index (χ0n) is 10.6. The van der Waals surface area contributed by atoms with Gasteiger partial charge in [-0.15, -0.1) is 0 Å². The Labute approximate surface area is 122 Å². The van der Waals surface area contributed by atoms with E-state index in [0.29, 0.717) is 10.7 Å². The second kappa shape index (κ2) is 5.49. The highest BCUT2D eigenvalue weighted by Gasteiger charge is 2.13. The molecule has 0 saturated heterocycles. The van der Waals surface area contributed by atoms with E-state index in [9.17, 15) is 5.11 Å². The molecule has 2 aromatic carbocycles. The number of nitrogens with zero attached hydrogens (tertiary/aromatic N) is 2. The molecule has 0 bridgehead atoms. The Morgan fingerprint density at radius 3 is 2.35 bits per heavy atom. The van der Waals surface area contributed by atoms with Crippen LogP contribution in [0, 0.1) is 0 Å². The molecule has 1 aromatic heterocycles. The highest BCUT2D eigenvalue weighted by Crippen LogP contribution is 2.22. The molecular formula is C16H13ClN2O. The molecule has 20 heavy (non-hydrogen) atoms. The van der Waals surface area contributed by atoms with E-state index in [4.69, 9.17) is 11.6 Å². The lowest BCUT2D eigenvalue weighted by Gasteiger charge is -2.08. The summed E-state index contributed by atoms with van der Waals surface area (Å²) < 4.78 is 1.74. The average Bonchev–Trinajstić information content (AvgIpc) is 2.98. The van der Waals surface area contributed by atoms with Crippen LogP contribution in [0.25, 0.3) is 5.69 Å². The van der Waals surface area contributed by atoms with Gasteiger partial charge < -0.3 is 5.11 Å². The van der Waals surface area contributed by atoms with Crippen LogP contribution >= 0.6 is 11.6 Å². The summed E-state index contributed by atoms with van der Waals surface area (Å²) in [6.45, 7) is 0. The summed E-state index contributed by atoms with van der Waals surface area (Å²) in [5, 5.41) is 15.4. The Kier molecular flexibility index (Phi) is 3.54. The molecule has 1 heterocycles. The minimum Gasteiger partial charge on any atom is -0.382 e. The molecular weight excluding hydrogens is 272 g/mol. The summed E-state index contributed by atoms with van der Waals surface area (Å²) in [6.07, 6.45) is 1.08. The fourth-order valence-electron chi connectivity index (χ4n) is 2.02.